The van der Waals surface area contributed by atoms with Crippen molar-refractivity contribution in [1.82, 2.24) is 10.3 Å². The Morgan fingerprint density at radius 2 is 1.84 bits per heavy atom. The third-order valence-electron chi connectivity index (χ3n) is 5.30. The van der Waals surface area contributed by atoms with E-state index < -0.39 is 6.10 Å². The van der Waals surface area contributed by atoms with Gasteiger partial charge in [-0.15, -0.1) is 0 Å². The predicted octanol–water partition coefficient (Wildman–Crippen LogP) is 3.48. The number of phenols is 1. The lowest BCUT2D eigenvalue weighted by Gasteiger charge is -2.15. The van der Waals surface area contributed by atoms with Crippen molar-refractivity contribution in [1.29, 1.82) is 0 Å². The molecule has 4 rings (SSSR count). The van der Waals surface area contributed by atoms with E-state index in [9.17, 15) is 15.0 Å². The van der Waals surface area contributed by atoms with Gasteiger partial charge >= 0.3 is 0 Å². The largest absolute Gasteiger partial charge is 0.506 e. The summed E-state index contributed by atoms with van der Waals surface area (Å²) in [4.78, 5) is 14.2. The monoisotopic (exact) mass is 429 g/mol. The lowest BCUT2D eigenvalue weighted by molar-refractivity contribution is 0.176. The number of H-pyrrole nitrogens is 1. The Labute approximate surface area is 186 Å². The van der Waals surface area contributed by atoms with Crippen LogP contribution in [0.5, 0.6) is 11.5 Å². The third kappa shape index (κ3) is 5.35. The second-order valence-corrected chi connectivity index (χ2v) is 7.60. The van der Waals surface area contributed by atoms with Gasteiger partial charge in [-0.1, -0.05) is 42.5 Å². The molecular weight excluding hydrogens is 404 g/mol. The van der Waals surface area contributed by atoms with Crippen LogP contribution in [-0.4, -0.2) is 28.3 Å². The Morgan fingerprint density at radius 3 is 2.62 bits per heavy atom. The molecule has 0 aliphatic carbocycles. The van der Waals surface area contributed by atoms with Gasteiger partial charge in [0.25, 0.3) is 0 Å². The molecule has 0 aliphatic rings. The molecule has 1 aromatic heterocycles. The number of aliphatic hydroxyl groups is 1. The highest BCUT2D eigenvalue weighted by Crippen LogP contribution is 2.28. The number of nitrogens with one attached hydrogen (secondary N) is 2. The number of aliphatic hydroxyl groups excluding tert-OH is 1. The average molecular weight is 429 g/mol. The molecule has 6 nitrogen and oxygen atoms in total. The molecule has 0 unspecified atom stereocenters. The van der Waals surface area contributed by atoms with Crippen LogP contribution in [0.4, 0.5) is 0 Å². The smallest absolute Gasteiger partial charge is 0.248 e. The molecular formula is C26H25N2O4. The number of phenolic OH excluding ortho intramolecular Hbond substituents is 1. The Balaban J connectivity index is 1.27. The molecule has 0 fully saturated rings. The van der Waals surface area contributed by atoms with E-state index in [-0.39, 0.29) is 11.3 Å². The SMILES string of the molecule is O=c1ccc2c([C@@H](O)CNCCc3ccc(COc4c[c]ccc4)cc3)ccc(O)c2[nH]1. The summed E-state index contributed by atoms with van der Waals surface area (Å²) in [6.45, 7) is 1.58. The van der Waals surface area contributed by atoms with Gasteiger partial charge in [0.05, 0.1) is 11.6 Å². The second kappa shape index (κ2) is 10.1. The fourth-order valence-corrected chi connectivity index (χ4v) is 3.57. The molecule has 4 aromatic rings. The summed E-state index contributed by atoms with van der Waals surface area (Å²) in [5, 5.41) is 24.5. The normalized spacial score (nSPS) is 12.0. The Hall–Kier alpha value is -3.61. The molecule has 32 heavy (non-hydrogen) atoms. The van der Waals surface area contributed by atoms with Gasteiger partial charge in [0.1, 0.15) is 18.1 Å². The van der Waals surface area contributed by atoms with Crippen LogP contribution in [0, 0.1) is 6.07 Å². The molecule has 1 radical (unpaired) electrons. The lowest BCUT2D eigenvalue weighted by Crippen LogP contribution is -2.24. The van der Waals surface area contributed by atoms with Crippen LogP contribution in [0.2, 0.25) is 0 Å². The first-order chi connectivity index (χ1) is 15.6. The standard InChI is InChI=1S/C26H25N2O4/c29-23-12-10-21(22-11-13-25(31)28-26(22)23)24(30)16-27-15-14-18-6-8-19(9-7-18)17-32-20-4-2-1-3-5-20/h1-2,4-13,24,27,29-30H,14-17H2,(H,28,31)/t24-/m0/s1. The van der Waals surface area contributed by atoms with E-state index in [4.69, 9.17) is 4.74 Å². The second-order valence-electron chi connectivity index (χ2n) is 7.60. The number of aromatic hydroxyl groups is 1. The highest BCUT2D eigenvalue weighted by atomic mass is 16.5. The van der Waals surface area contributed by atoms with Crippen molar-refractivity contribution >= 4 is 10.9 Å². The zero-order valence-corrected chi connectivity index (χ0v) is 17.5. The van der Waals surface area contributed by atoms with Gasteiger partial charge in [-0.3, -0.25) is 4.79 Å². The van der Waals surface area contributed by atoms with Crippen LogP contribution in [-0.2, 0) is 13.0 Å². The number of ether oxygens (including phenoxy) is 1. The number of aromatic nitrogens is 1. The van der Waals surface area contributed by atoms with E-state index in [0.717, 1.165) is 17.7 Å². The molecule has 0 saturated carbocycles. The van der Waals surface area contributed by atoms with Gasteiger partial charge in [-0.2, -0.15) is 0 Å². The summed E-state index contributed by atoms with van der Waals surface area (Å²) in [5.74, 6) is 0.782. The first-order valence-electron chi connectivity index (χ1n) is 10.5. The molecule has 0 amide bonds. The van der Waals surface area contributed by atoms with E-state index in [1.165, 1.54) is 17.7 Å². The van der Waals surface area contributed by atoms with Gasteiger partial charge in [0, 0.05) is 18.0 Å². The van der Waals surface area contributed by atoms with E-state index in [1.807, 2.05) is 24.3 Å². The maximum Gasteiger partial charge on any atom is 0.248 e. The van der Waals surface area contributed by atoms with Crippen molar-refractivity contribution in [2.45, 2.75) is 19.1 Å². The maximum atomic E-state index is 11.5. The van der Waals surface area contributed by atoms with Crippen LogP contribution in [0.1, 0.15) is 22.8 Å². The van der Waals surface area contributed by atoms with Crippen LogP contribution in [0.3, 0.4) is 0 Å². The summed E-state index contributed by atoms with van der Waals surface area (Å²) in [7, 11) is 0. The van der Waals surface area contributed by atoms with E-state index >= 15 is 0 Å². The molecule has 163 valence electrons. The average Bonchev–Trinajstić information content (AvgIpc) is 2.82. The number of hydrogen-bond donors (Lipinski definition) is 4. The number of benzene rings is 3. The molecule has 6 heteroatoms. The van der Waals surface area contributed by atoms with Crippen LogP contribution in [0.25, 0.3) is 10.9 Å². The van der Waals surface area contributed by atoms with E-state index in [0.29, 0.717) is 36.2 Å². The minimum Gasteiger partial charge on any atom is -0.506 e. The van der Waals surface area contributed by atoms with Crippen LogP contribution < -0.4 is 15.6 Å². The number of fused-ring (bicyclic) bond motifs is 1. The molecule has 0 spiro atoms. The Bertz CT molecular complexity index is 1220. The van der Waals surface area contributed by atoms with Gasteiger partial charge < -0.3 is 25.3 Å². The highest BCUT2D eigenvalue weighted by molar-refractivity contribution is 5.87. The Morgan fingerprint density at radius 1 is 1.03 bits per heavy atom. The quantitative estimate of drug-likeness (QED) is 0.306. The first kappa shape index (κ1) is 21.6. The van der Waals surface area contributed by atoms with Crippen molar-refractivity contribution in [3.05, 3.63) is 106 Å². The number of rotatable bonds is 9. The maximum absolute atomic E-state index is 11.5. The molecule has 1 heterocycles. The predicted molar refractivity (Wildman–Crippen MR) is 124 cm³/mol. The number of hydrogen-bond acceptors (Lipinski definition) is 5. The molecule has 0 aliphatic heterocycles. The summed E-state index contributed by atoms with van der Waals surface area (Å²) in [6.07, 6.45) is 0.0595. The highest BCUT2D eigenvalue weighted by Gasteiger charge is 2.13. The summed E-state index contributed by atoms with van der Waals surface area (Å²) < 4.78 is 5.74. The summed E-state index contributed by atoms with van der Waals surface area (Å²) in [5.41, 5.74) is 2.98. The summed E-state index contributed by atoms with van der Waals surface area (Å²) in [6, 6.07) is 24.9. The van der Waals surface area contributed by atoms with Gasteiger partial charge in [-0.05, 0) is 60.0 Å². The lowest BCUT2D eigenvalue weighted by atomic mass is 10.0. The van der Waals surface area contributed by atoms with Crippen molar-refractivity contribution < 1.29 is 14.9 Å². The zero-order valence-electron chi connectivity index (χ0n) is 17.5. The molecule has 1 atom stereocenters. The molecule has 0 bridgehead atoms. The first-order valence-corrected chi connectivity index (χ1v) is 10.5. The van der Waals surface area contributed by atoms with Crippen molar-refractivity contribution in [3.8, 4) is 11.5 Å². The van der Waals surface area contributed by atoms with Crippen molar-refractivity contribution in [2.75, 3.05) is 13.1 Å². The fourth-order valence-electron chi connectivity index (χ4n) is 3.57. The van der Waals surface area contributed by atoms with Crippen LogP contribution >= 0.6 is 0 Å². The molecule has 0 saturated heterocycles. The molecule has 4 N–H and O–H groups in total. The van der Waals surface area contributed by atoms with Crippen LogP contribution in [0.15, 0.2) is 77.6 Å². The minimum atomic E-state index is -0.765. The fraction of sp³-hybridized carbons (Fsp3) is 0.192. The minimum absolute atomic E-state index is 0.0162. The number of aromatic amines is 1. The van der Waals surface area contributed by atoms with Gasteiger partial charge in [0.15, 0.2) is 0 Å². The van der Waals surface area contributed by atoms with E-state index in [1.54, 1.807) is 12.1 Å². The Kier molecular flexibility index (Phi) is 6.84. The zero-order chi connectivity index (χ0) is 22.3. The molecule has 3 aromatic carbocycles. The van der Waals surface area contributed by atoms with Gasteiger partial charge in [-0.25, -0.2) is 0 Å². The third-order valence-corrected chi connectivity index (χ3v) is 5.30. The number of pyridine rings is 1. The van der Waals surface area contributed by atoms with E-state index in [2.05, 4.69) is 40.6 Å². The van der Waals surface area contributed by atoms with Gasteiger partial charge in [0.2, 0.25) is 5.56 Å². The topological polar surface area (TPSA) is 94.6 Å². The van der Waals surface area contributed by atoms with Crippen molar-refractivity contribution in [2.24, 2.45) is 0 Å². The summed E-state index contributed by atoms with van der Waals surface area (Å²) >= 11 is 0. The van der Waals surface area contributed by atoms with Crippen molar-refractivity contribution in [3.63, 3.8) is 0 Å².